The number of amides is 2. The highest BCUT2D eigenvalue weighted by Crippen LogP contribution is 2.15. The first-order valence-electron chi connectivity index (χ1n) is 7.32. The van der Waals surface area contributed by atoms with Crippen molar-refractivity contribution in [2.24, 2.45) is 5.41 Å². The smallest absolute Gasteiger partial charge is 0.243 e. The van der Waals surface area contributed by atoms with Crippen LogP contribution in [-0.2, 0) is 9.59 Å². The van der Waals surface area contributed by atoms with Gasteiger partial charge >= 0.3 is 0 Å². The van der Waals surface area contributed by atoms with E-state index in [1.807, 2.05) is 30.3 Å². The van der Waals surface area contributed by atoms with Gasteiger partial charge in [-0.15, -0.1) is 0 Å². The zero-order valence-corrected chi connectivity index (χ0v) is 13.5. The Labute approximate surface area is 135 Å². The zero-order valence-electron chi connectivity index (χ0n) is 13.5. The average Bonchev–Trinajstić information content (AvgIpc) is 2.53. The SMILES string of the molecule is CC(C)(C)C(=O)NCC(=O)Nc1cnc(-c2ccccc2)nc1. The molecule has 1 aromatic heterocycles. The van der Waals surface area contributed by atoms with Gasteiger partial charge in [0.25, 0.3) is 0 Å². The molecule has 0 aliphatic rings. The molecule has 0 spiro atoms. The summed E-state index contributed by atoms with van der Waals surface area (Å²) in [4.78, 5) is 32.0. The third-order valence-electron chi connectivity index (χ3n) is 3.06. The molecule has 0 saturated carbocycles. The minimum Gasteiger partial charge on any atom is -0.347 e. The van der Waals surface area contributed by atoms with Crippen molar-refractivity contribution in [3.05, 3.63) is 42.7 Å². The van der Waals surface area contributed by atoms with Crippen LogP contribution in [0.1, 0.15) is 20.8 Å². The van der Waals surface area contributed by atoms with Gasteiger partial charge in [0.05, 0.1) is 24.6 Å². The number of rotatable bonds is 4. The van der Waals surface area contributed by atoms with E-state index in [1.165, 1.54) is 0 Å². The van der Waals surface area contributed by atoms with Crippen LogP contribution in [0.5, 0.6) is 0 Å². The number of benzene rings is 1. The fourth-order valence-electron chi connectivity index (χ4n) is 1.76. The fraction of sp³-hybridized carbons (Fsp3) is 0.294. The van der Waals surface area contributed by atoms with Crippen molar-refractivity contribution in [2.45, 2.75) is 20.8 Å². The van der Waals surface area contributed by atoms with Gasteiger partial charge < -0.3 is 10.6 Å². The molecule has 6 heteroatoms. The Balaban J connectivity index is 1.91. The first-order valence-corrected chi connectivity index (χ1v) is 7.32. The van der Waals surface area contributed by atoms with E-state index in [2.05, 4.69) is 20.6 Å². The molecule has 0 bridgehead atoms. The lowest BCUT2D eigenvalue weighted by Gasteiger charge is -2.17. The molecule has 23 heavy (non-hydrogen) atoms. The standard InChI is InChI=1S/C17H20N4O2/c1-17(2,3)16(23)20-11-14(22)21-13-9-18-15(19-10-13)12-7-5-4-6-8-12/h4-10H,11H2,1-3H3,(H,20,23)(H,21,22). The number of aromatic nitrogens is 2. The lowest BCUT2D eigenvalue weighted by atomic mass is 9.96. The van der Waals surface area contributed by atoms with Gasteiger partial charge in [-0.25, -0.2) is 9.97 Å². The zero-order chi connectivity index (χ0) is 16.9. The van der Waals surface area contributed by atoms with Crippen LogP contribution in [0.25, 0.3) is 11.4 Å². The lowest BCUT2D eigenvalue weighted by molar-refractivity contribution is -0.130. The molecule has 0 radical (unpaired) electrons. The third kappa shape index (κ3) is 4.88. The van der Waals surface area contributed by atoms with Gasteiger partial charge in [0.2, 0.25) is 11.8 Å². The van der Waals surface area contributed by atoms with Crippen LogP contribution in [0.15, 0.2) is 42.7 Å². The average molecular weight is 312 g/mol. The van der Waals surface area contributed by atoms with E-state index in [0.29, 0.717) is 11.5 Å². The number of hydrogen-bond donors (Lipinski definition) is 2. The fourth-order valence-corrected chi connectivity index (χ4v) is 1.76. The van der Waals surface area contributed by atoms with E-state index >= 15 is 0 Å². The van der Waals surface area contributed by atoms with E-state index < -0.39 is 5.41 Å². The summed E-state index contributed by atoms with van der Waals surface area (Å²) in [5.41, 5.74) is 0.864. The molecule has 2 aromatic rings. The van der Waals surface area contributed by atoms with E-state index in [4.69, 9.17) is 0 Å². The first kappa shape index (κ1) is 16.6. The van der Waals surface area contributed by atoms with E-state index in [0.717, 1.165) is 5.56 Å². The molecule has 0 atom stereocenters. The normalized spacial score (nSPS) is 10.9. The van der Waals surface area contributed by atoms with E-state index in [1.54, 1.807) is 33.2 Å². The predicted octanol–water partition coefficient (Wildman–Crippen LogP) is 2.24. The van der Waals surface area contributed by atoms with E-state index in [-0.39, 0.29) is 18.4 Å². The van der Waals surface area contributed by atoms with Gasteiger partial charge in [0, 0.05) is 11.0 Å². The highest BCUT2D eigenvalue weighted by Gasteiger charge is 2.21. The maximum Gasteiger partial charge on any atom is 0.243 e. The Morgan fingerprint density at radius 3 is 2.22 bits per heavy atom. The monoisotopic (exact) mass is 312 g/mol. The highest BCUT2D eigenvalue weighted by atomic mass is 16.2. The maximum atomic E-state index is 11.8. The first-order chi connectivity index (χ1) is 10.9. The van der Waals surface area contributed by atoms with Crippen molar-refractivity contribution in [3.8, 4) is 11.4 Å². The van der Waals surface area contributed by atoms with Crippen molar-refractivity contribution >= 4 is 17.5 Å². The molecule has 0 unspecified atom stereocenters. The molecule has 1 heterocycles. The maximum absolute atomic E-state index is 11.8. The van der Waals surface area contributed by atoms with Gasteiger partial charge in [-0.2, -0.15) is 0 Å². The molecule has 0 fully saturated rings. The number of hydrogen-bond acceptors (Lipinski definition) is 4. The second-order valence-corrected chi connectivity index (χ2v) is 6.14. The number of carbonyl (C=O) groups is 2. The summed E-state index contributed by atoms with van der Waals surface area (Å²) in [6.07, 6.45) is 3.08. The Morgan fingerprint density at radius 1 is 1.04 bits per heavy atom. The summed E-state index contributed by atoms with van der Waals surface area (Å²) in [6.45, 7) is 5.28. The van der Waals surface area contributed by atoms with Gasteiger partial charge in [-0.05, 0) is 0 Å². The Kier molecular flexibility index (Phi) is 5.05. The van der Waals surface area contributed by atoms with Crippen LogP contribution in [-0.4, -0.2) is 28.3 Å². The minimum atomic E-state index is -0.527. The van der Waals surface area contributed by atoms with Crippen molar-refractivity contribution < 1.29 is 9.59 Å². The predicted molar refractivity (Wildman–Crippen MR) is 88.6 cm³/mol. The minimum absolute atomic E-state index is 0.0868. The second kappa shape index (κ2) is 7.00. The van der Waals surface area contributed by atoms with Crippen LogP contribution in [0, 0.1) is 5.41 Å². The summed E-state index contributed by atoms with van der Waals surface area (Å²) >= 11 is 0. The van der Waals surface area contributed by atoms with Crippen LogP contribution in [0.2, 0.25) is 0 Å². The van der Waals surface area contributed by atoms with Gasteiger partial charge in [0.15, 0.2) is 5.82 Å². The topological polar surface area (TPSA) is 84.0 Å². The Morgan fingerprint density at radius 2 is 1.65 bits per heavy atom. The lowest BCUT2D eigenvalue weighted by Crippen LogP contribution is -2.39. The molecular weight excluding hydrogens is 292 g/mol. The van der Waals surface area contributed by atoms with E-state index in [9.17, 15) is 9.59 Å². The van der Waals surface area contributed by atoms with Crippen LogP contribution >= 0.6 is 0 Å². The third-order valence-corrected chi connectivity index (χ3v) is 3.06. The van der Waals surface area contributed by atoms with Crippen molar-refractivity contribution in [3.63, 3.8) is 0 Å². The Bertz CT molecular complexity index is 676. The summed E-state index contributed by atoms with van der Waals surface area (Å²) in [7, 11) is 0. The van der Waals surface area contributed by atoms with Gasteiger partial charge in [-0.3, -0.25) is 9.59 Å². The number of carbonyl (C=O) groups excluding carboxylic acids is 2. The molecule has 0 saturated heterocycles. The summed E-state index contributed by atoms with van der Waals surface area (Å²) < 4.78 is 0. The molecule has 2 N–H and O–H groups in total. The summed E-state index contributed by atoms with van der Waals surface area (Å²) in [5.74, 6) is 0.0895. The molecular formula is C17H20N4O2. The van der Waals surface area contributed by atoms with Gasteiger partial charge in [0.1, 0.15) is 0 Å². The molecule has 120 valence electrons. The van der Waals surface area contributed by atoms with Gasteiger partial charge in [-0.1, -0.05) is 51.1 Å². The molecule has 2 rings (SSSR count). The largest absolute Gasteiger partial charge is 0.347 e. The molecule has 2 amide bonds. The van der Waals surface area contributed by atoms with Crippen molar-refractivity contribution in [2.75, 3.05) is 11.9 Å². The van der Waals surface area contributed by atoms with Crippen LogP contribution < -0.4 is 10.6 Å². The number of nitrogens with zero attached hydrogens (tertiary/aromatic N) is 2. The van der Waals surface area contributed by atoms with Crippen LogP contribution in [0.4, 0.5) is 5.69 Å². The van der Waals surface area contributed by atoms with Crippen molar-refractivity contribution in [1.29, 1.82) is 0 Å². The number of nitrogens with one attached hydrogen (secondary N) is 2. The molecule has 0 aliphatic carbocycles. The second-order valence-electron chi connectivity index (χ2n) is 6.14. The summed E-state index contributed by atoms with van der Waals surface area (Å²) in [6, 6.07) is 9.56. The van der Waals surface area contributed by atoms with Crippen LogP contribution in [0.3, 0.4) is 0 Å². The number of anilines is 1. The van der Waals surface area contributed by atoms with Crippen molar-refractivity contribution in [1.82, 2.24) is 15.3 Å². The quantitative estimate of drug-likeness (QED) is 0.907. The molecule has 0 aliphatic heterocycles. The molecule has 6 nitrogen and oxygen atoms in total. The summed E-state index contributed by atoms with van der Waals surface area (Å²) in [5, 5.41) is 5.24. The Hall–Kier alpha value is -2.76. The highest BCUT2D eigenvalue weighted by molar-refractivity contribution is 5.95. The molecule has 1 aromatic carbocycles.